The molecule has 0 spiro atoms. The van der Waals surface area contributed by atoms with Gasteiger partial charge < -0.3 is 19.5 Å². The second-order valence-electron chi connectivity index (χ2n) is 9.43. The summed E-state index contributed by atoms with van der Waals surface area (Å²) < 4.78 is 11.0. The van der Waals surface area contributed by atoms with E-state index >= 15 is 0 Å². The van der Waals surface area contributed by atoms with E-state index in [2.05, 4.69) is 50.6 Å². The number of rotatable bonds is 6. The monoisotopic (exact) mass is 438 g/mol. The average molecular weight is 439 g/mol. The number of carbonyl (C=O) groups is 1. The summed E-state index contributed by atoms with van der Waals surface area (Å²) >= 11 is 0. The molecule has 7 nitrogen and oxygen atoms in total. The van der Waals surface area contributed by atoms with E-state index in [1.54, 1.807) is 0 Å². The molecule has 3 aliphatic heterocycles. The minimum Gasteiger partial charge on any atom is -0.379 e. The SMILES string of the molecule is O=C(CC1CCNCC1Cc1cc(CN2CCOCC2)on1)N1CCc2ccccc2C1. The predicted molar refractivity (Wildman–Crippen MR) is 121 cm³/mol. The Morgan fingerprint density at radius 2 is 1.97 bits per heavy atom. The Kier molecular flexibility index (Phi) is 6.86. The summed E-state index contributed by atoms with van der Waals surface area (Å²) in [5.41, 5.74) is 3.69. The molecular formula is C25H34N4O3. The lowest BCUT2D eigenvalue weighted by Gasteiger charge is -2.34. The summed E-state index contributed by atoms with van der Waals surface area (Å²) in [6.07, 6.45) is 3.50. The topological polar surface area (TPSA) is 70.8 Å². The van der Waals surface area contributed by atoms with Gasteiger partial charge >= 0.3 is 0 Å². The summed E-state index contributed by atoms with van der Waals surface area (Å²) in [5, 5.41) is 7.87. The van der Waals surface area contributed by atoms with E-state index in [9.17, 15) is 4.79 Å². The van der Waals surface area contributed by atoms with Gasteiger partial charge in [0.2, 0.25) is 5.91 Å². The summed E-state index contributed by atoms with van der Waals surface area (Å²) in [4.78, 5) is 17.6. The highest BCUT2D eigenvalue weighted by Crippen LogP contribution is 2.28. The largest absolute Gasteiger partial charge is 0.379 e. The number of fused-ring (bicyclic) bond motifs is 1. The van der Waals surface area contributed by atoms with Crippen LogP contribution in [0.1, 0.15) is 35.4 Å². The molecule has 0 bridgehead atoms. The van der Waals surface area contributed by atoms with Gasteiger partial charge in [-0.2, -0.15) is 0 Å². The Morgan fingerprint density at radius 1 is 1.12 bits per heavy atom. The van der Waals surface area contributed by atoms with Crippen LogP contribution in [0, 0.1) is 11.8 Å². The van der Waals surface area contributed by atoms with Crippen molar-refractivity contribution in [3.63, 3.8) is 0 Å². The number of aromatic nitrogens is 1. The number of benzene rings is 1. The van der Waals surface area contributed by atoms with Gasteiger partial charge in [-0.1, -0.05) is 29.4 Å². The molecular weight excluding hydrogens is 404 g/mol. The first kappa shape index (κ1) is 21.6. The van der Waals surface area contributed by atoms with Crippen LogP contribution in [0.25, 0.3) is 0 Å². The quantitative estimate of drug-likeness (QED) is 0.746. The Hall–Kier alpha value is -2.22. The number of nitrogens with zero attached hydrogens (tertiary/aromatic N) is 3. The van der Waals surface area contributed by atoms with Crippen LogP contribution in [0.4, 0.5) is 0 Å². The molecule has 0 radical (unpaired) electrons. The van der Waals surface area contributed by atoms with E-state index in [0.29, 0.717) is 24.2 Å². The van der Waals surface area contributed by atoms with Gasteiger partial charge in [-0.25, -0.2) is 0 Å². The normalized spacial score (nSPS) is 24.3. The highest BCUT2D eigenvalue weighted by atomic mass is 16.5. The van der Waals surface area contributed by atoms with E-state index in [1.807, 2.05) is 0 Å². The molecule has 2 aromatic rings. The first-order valence-electron chi connectivity index (χ1n) is 12.0. The average Bonchev–Trinajstić information content (AvgIpc) is 3.27. The molecule has 32 heavy (non-hydrogen) atoms. The molecule has 0 aliphatic carbocycles. The number of hydrogen-bond acceptors (Lipinski definition) is 6. The van der Waals surface area contributed by atoms with Crippen molar-refractivity contribution in [2.75, 3.05) is 45.9 Å². The lowest BCUT2D eigenvalue weighted by Crippen LogP contribution is -2.42. The molecule has 2 unspecified atom stereocenters. The van der Waals surface area contributed by atoms with Crippen LogP contribution in [0.2, 0.25) is 0 Å². The fourth-order valence-corrected chi connectivity index (χ4v) is 5.32. The van der Waals surface area contributed by atoms with Crippen molar-refractivity contribution in [1.82, 2.24) is 20.3 Å². The maximum atomic E-state index is 13.2. The number of morpholine rings is 1. The number of amides is 1. The molecule has 4 heterocycles. The predicted octanol–water partition coefficient (Wildman–Crippen LogP) is 2.25. The van der Waals surface area contributed by atoms with E-state index in [0.717, 1.165) is 89.7 Å². The van der Waals surface area contributed by atoms with Crippen molar-refractivity contribution in [2.24, 2.45) is 11.8 Å². The lowest BCUT2D eigenvalue weighted by atomic mass is 9.80. The smallest absolute Gasteiger partial charge is 0.223 e. The zero-order chi connectivity index (χ0) is 21.8. The molecule has 1 aromatic carbocycles. The van der Waals surface area contributed by atoms with Crippen molar-refractivity contribution in [3.8, 4) is 0 Å². The van der Waals surface area contributed by atoms with Gasteiger partial charge in [-0.05, 0) is 55.3 Å². The third-order valence-corrected chi connectivity index (χ3v) is 7.25. The van der Waals surface area contributed by atoms with Crippen molar-refractivity contribution in [3.05, 3.63) is 52.9 Å². The Bertz CT molecular complexity index is 908. The molecule has 1 N–H and O–H groups in total. The van der Waals surface area contributed by atoms with Gasteiger partial charge in [0.1, 0.15) is 0 Å². The lowest BCUT2D eigenvalue weighted by molar-refractivity contribution is -0.133. The van der Waals surface area contributed by atoms with E-state index in [-0.39, 0.29) is 0 Å². The highest BCUT2D eigenvalue weighted by molar-refractivity contribution is 5.76. The third kappa shape index (κ3) is 5.22. The zero-order valence-electron chi connectivity index (χ0n) is 18.8. The minimum atomic E-state index is 0.296. The summed E-state index contributed by atoms with van der Waals surface area (Å²) in [6.45, 7) is 7.74. The number of ether oxygens (including phenoxy) is 1. The van der Waals surface area contributed by atoms with Gasteiger partial charge in [0.25, 0.3) is 0 Å². The summed E-state index contributed by atoms with van der Waals surface area (Å²) in [6, 6.07) is 10.6. The number of piperidine rings is 1. The minimum absolute atomic E-state index is 0.296. The molecule has 7 heteroatoms. The van der Waals surface area contributed by atoms with Crippen molar-refractivity contribution < 1.29 is 14.1 Å². The van der Waals surface area contributed by atoms with Gasteiger partial charge in [0, 0.05) is 38.7 Å². The van der Waals surface area contributed by atoms with Crippen LogP contribution in [0.5, 0.6) is 0 Å². The third-order valence-electron chi connectivity index (χ3n) is 7.25. The molecule has 5 rings (SSSR count). The van der Waals surface area contributed by atoms with Crippen LogP contribution >= 0.6 is 0 Å². The Morgan fingerprint density at radius 3 is 2.84 bits per heavy atom. The maximum absolute atomic E-state index is 13.2. The second-order valence-corrected chi connectivity index (χ2v) is 9.43. The van der Waals surface area contributed by atoms with Gasteiger partial charge in [0.05, 0.1) is 25.5 Å². The van der Waals surface area contributed by atoms with Crippen LogP contribution in [0.15, 0.2) is 34.9 Å². The number of nitrogens with one attached hydrogen (secondary N) is 1. The molecule has 172 valence electrons. The zero-order valence-corrected chi connectivity index (χ0v) is 18.8. The van der Waals surface area contributed by atoms with Crippen LogP contribution < -0.4 is 5.32 Å². The molecule has 0 saturated carbocycles. The fraction of sp³-hybridized carbons (Fsp3) is 0.600. The number of carbonyl (C=O) groups excluding carboxylic acids is 1. The summed E-state index contributed by atoms with van der Waals surface area (Å²) in [5.74, 6) is 2.02. The molecule has 3 aliphatic rings. The molecule has 1 aromatic heterocycles. The standard InChI is InChI=1S/C25H34N4O3/c30-25(29-8-6-19-3-1-2-4-21(19)17-29)14-20-5-7-26-16-22(20)13-23-15-24(32-27-23)18-28-9-11-31-12-10-28/h1-4,15,20,22,26H,5-14,16-18H2. The first-order chi connectivity index (χ1) is 15.7. The molecule has 1 amide bonds. The summed E-state index contributed by atoms with van der Waals surface area (Å²) in [7, 11) is 0. The van der Waals surface area contributed by atoms with Crippen LogP contribution in [-0.2, 0) is 35.5 Å². The van der Waals surface area contributed by atoms with E-state index in [1.165, 1.54) is 11.1 Å². The van der Waals surface area contributed by atoms with Crippen molar-refractivity contribution in [1.29, 1.82) is 0 Å². The van der Waals surface area contributed by atoms with Crippen molar-refractivity contribution in [2.45, 2.75) is 38.8 Å². The van der Waals surface area contributed by atoms with E-state index in [4.69, 9.17) is 9.26 Å². The second kappa shape index (κ2) is 10.1. The van der Waals surface area contributed by atoms with Gasteiger partial charge in [-0.15, -0.1) is 0 Å². The van der Waals surface area contributed by atoms with Crippen LogP contribution in [-0.4, -0.2) is 66.8 Å². The Balaban J connectivity index is 1.17. The highest BCUT2D eigenvalue weighted by Gasteiger charge is 2.30. The van der Waals surface area contributed by atoms with E-state index < -0.39 is 0 Å². The molecule has 2 atom stereocenters. The van der Waals surface area contributed by atoms with Gasteiger partial charge in [-0.3, -0.25) is 9.69 Å². The fourth-order valence-electron chi connectivity index (χ4n) is 5.32. The Labute approximate surface area is 190 Å². The maximum Gasteiger partial charge on any atom is 0.223 e. The molecule has 2 fully saturated rings. The van der Waals surface area contributed by atoms with Crippen LogP contribution in [0.3, 0.4) is 0 Å². The molecule has 2 saturated heterocycles. The van der Waals surface area contributed by atoms with Crippen molar-refractivity contribution >= 4 is 5.91 Å². The van der Waals surface area contributed by atoms with Gasteiger partial charge in [0.15, 0.2) is 5.76 Å². The number of hydrogen-bond donors (Lipinski definition) is 1. The first-order valence-corrected chi connectivity index (χ1v) is 12.0.